The third-order valence-corrected chi connectivity index (χ3v) is 6.41. The average molecular weight is 481 g/mol. The predicted octanol–water partition coefficient (Wildman–Crippen LogP) is 6.04. The van der Waals surface area contributed by atoms with Gasteiger partial charge < -0.3 is 15.0 Å². The Balaban J connectivity index is 1.67. The highest BCUT2D eigenvalue weighted by Crippen LogP contribution is 2.26. The Morgan fingerprint density at radius 1 is 1.13 bits per heavy atom. The van der Waals surface area contributed by atoms with Crippen LogP contribution in [-0.2, 0) is 11.3 Å². The number of rotatable bonds is 8. The standard InChI is InChI=1S/C24H31Cl2N3OS/c1-18(2)20-6-4-19(5-7-20)17-29(11-3-10-28-12-14-30-15-13-28)24(31)27-23-16-21(25)8-9-22(23)26/h4-9,16,18H,3,10-15,17H2,1-2H3,(H,27,31). The van der Waals surface area contributed by atoms with Gasteiger partial charge in [0.05, 0.1) is 23.9 Å². The number of ether oxygens (including phenoxy) is 1. The summed E-state index contributed by atoms with van der Waals surface area (Å²) in [6.45, 7) is 10.7. The molecule has 1 fully saturated rings. The number of thiocarbonyl (C=S) groups is 1. The molecule has 0 aromatic heterocycles. The number of nitrogens with zero attached hydrogens (tertiary/aromatic N) is 2. The first-order valence-electron chi connectivity index (χ1n) is 10.8. The summed E-state index contributed by atoms with van der Waals surface area (Å²) in [7, 11) is 0. The van der Waals surface area contributed by atoms with Crippen LogP contribution in [0.5, 0.6) is 0 Å². The molecule has 0 amide bonds. The molecule has 31 heavy (non-hydrogen) atoms. The van der Waals surface area contributed by atoms with Crippen molar-refractivity contribution >= 4 is 46.2 Å². The maximum Gasteiger partial charge on any atom is 0.173 e. The Morgan fingerprint density at radius 3 is 2.52 bits per heavy atom. The van der Waals surface area contributed by atoms with E-state index < -0.39 is 0 Å². The number of nitrogens with one attached hydrogen (secondary N) is 1. The molecular weight excluding hydrogens is 449 g/mol. The fourth-order valence-corrected chi connectivity index (χ4v) is 4.18. The average Bonchev–Trinajstić information content (AvgIpc) is 2.76. The van der Waals surface area contributed by atoms with Crippen LogP contribution in [-0.4, -0.2) is 54.3 Å². The van der Waals surface area contributed by atoms with Crippen molar-refractivity contribution in [3.8, 4) is 0 Å². The fourth-order valence-electron chi connectivity index (χ4n) is 3.58. The van der Waals surface area contributed by atoms with E-state index in [1.165, 1.54) is 11.1 Å². The minimum absolute atomic E-state index is 0.520. The minimum Gasteiger partial charge on any atom is -0.379 e. The zero-order valence-electron chi connectivity index (χ0n) is 18.2. The minimum atomic E-state index is 0.520. The normalized spacial score (nSPS) is 14.6. The summed E-state index contributed by atoms with van der Waals surface area (Å²) < 4.78 is 5.45. The van der Waals surface area contributed by atoms with Crippen molar-refractivity contribution in [1.82, 2.24) is 9.80 Å². The van der Waals surface area contributed by atoms with Crippen molar-refractivity contribution in [3.05, 3.63) is 63.6 Å². The van der Waals surface area contributed by atoms with E-state index in [1.54, 1.807) is 18.2 Å². The Hall–Kier alpha value is -1.37. The van der Waals surface area contributed by atoms with Crippen LogP contribution in [0.25, 0.3) is 0 Å². The van der Waals surface area contributed by atoms with Gasteiger partial charge in [0, 0.05) is 37.7 Å². The maximum atomic E-state index is 6.34. The third-order valence-electron chi connectivity index (χ3n) is 5.48. The van der Waals surface area contributed by atoms with Gasteiger partial charge in [-0.2, -0.15) is 0 Å². The molecule has 0 saturated carbocycles. The highest BCUT2D eigenvalue weighted by molar-refractivity contribution is 7.80. The molecule has 7 heteroatoms. The van der Waals surface area contributed by atoms with Crippen LogP contribution in [0.1, 0.15) is 37.3 Å². The van der Waals surface area contributed by atoms with Crippen molar-refractivity contribution in [3.63, 3.8) is 0 Å². The summed E-state index contributed by atoms with van der Waals surface area (Å²) in [6, 6.07) is 14.2. The summed E-state index contributed by atoms with van der Waals surface area (Å²) >= 11 is 18.3. The second-order valence-electron chi connectivity index (χ2n) is 8.18. The molecule has 1 aliphatic heterocycles. The van der Waals surface area contributed by atoms with Gasteiger partial charge in [0.15, 0.2) is 5.11 Å². The summed E-state index contributed by atoms with van der Waals surface area (Å²) in [4.78, 5) is 4.65. The summed E-state index contributed by atoms with van der Waals surface area (Å²) in [5.41, 5.74) is 3.30. The van der Waals surface area contributed by atoms with E-state index >= 15 is 0 Å². The van der Waals surface area contributed by atoms with Gasteiger partial charge in [-0.25, -0.2) is 0 Å². The molecule has 0 radical (unpaired) electrons. The summed E-state index contributed by atoms with van der Waals surface area (Å²) in [6.07, 6.45) is 1.02. The Labute approximate surface area is 201 Å². The predicted molar refractivity (Wildman–Crippen MR) is 135 cm³/mol. The van der Waals surface area contributed by atoms with Gasteiger partial charge in [0.1, 0.15) is 0 Å². The monoisotopic (exact) mass is 479 g/mol. The smallest absolute Gasteiger partial charge is 0.173 e. The van der Waals surface area contributed by atoms with Crippen LogP contribution in [0.15, 0.2) is 42.5 Å². The van der Waals surface area contributed by atoms with Gasteiger partial charge in [0.25, 0.3) is 0 Å². The van der Waals surface area contributed by atoms with Gasteiger partial charge in [-0.15, -0.1) is 0 Å². The molecule has 0 atom stereocenters. The maximum absolute atomic E-state index is 6.34. The largest absolute Gasteiger partial charge is 0.379 e. The van der Waals surface area contributed by atoms with Gasteiger partial charge in [-0.05, 0) is 53.9 Å². The van der Waals surface area contributed by atoms with Crippen molar-refractivity contribution in [2.75, 3.05) is 44.7 Å². The van der Waals surface area contributed by atoms with Crippen LogP contribution in [0.3, 0.4) is 0 Å². The molecule has 1 aliphatic rings. The van der Waals surface area contributed by atoms with Crippen molar-refractivity contribution in [2.45, 2.75) is 32.7 Å². The van der Waals surface area contributed by atoms with E-state index in [4.69, 9.17) is 40.2 Å². The Morgan fingerprint density at radius 2 is 1.84 bits per heavy atom. The number of morpholine rings is 1. The lowest BCUT2D eigenvalue weighted by Crippen LogP contribution is -2.40. The van der Waals surface area contributed by atoms with Crippen LogP contribution >= 0.6 is 35.4 Å². The molecule has 2 aromatic carbocycles. The lowest BCUT2D eigenvalue weighted by molar-refractivity contribution is 0.0368. The zero-order chi connectivity index (χ0) is 22.2. The van der Waals surface area contributed by atoms with Gasteiger partial charge >= 0.3 is 0 Å². The van der Waals surface area contributed by atoms with E-state index in [0.29, 0.717) is 21.1 Å². The molecule has 1 saturated heterocycles. The van der Waals surface area contributed by atoms with E-state index in [-0.39, 0.29) is 0 Å². The molecule has 0 aliphatic carbocycles. The highest BCUT2D eigenvalue weighted by Gasteiger charge is 2.15. The van der Waals surface area contributed by atoms with Crippen LogP contribution in [0.4, 0.5) is 5.69 Å². The zero-order valence-corrected chi connectivity index (χ0v) is 20.6. The molecule has 0 bridgehead atoms. The van der Waals surface area contributed by atoms with Crippen LogP contribution in [0, 0.1) is 0 Å². The molecule has 3 rings (SSSR count). The van der Waals surface area contributed by atoms with Crippen molar-refractivity contribution in [2.24, 2.45) is 0 Å². The number of hydrogen-bond acceptors (Lipinski definition) is 3. The number of halogens is 2. The molecule has 2 aromatic rings. The first kappa shape index (κ1) is 24.3. The quantitative estimate of drug-likeness (QED) is 0.465. The lowest BCUT2D eigenvalue weighted by Gasteiger charge is -2.30. The SMILES string of the molecule is CC(C)c1ccc(CN(CCCN2CCOCC2)C(=S)Nc2cc(Cl)ccc2Cl)cc1. The topological polar surface area (TPSA) is 27.7 Å². The molecule has 0 unspecified atom stereocenters. The molecule has 168 valence electrons. The molecule has 1 N–H and O–H groups in total. The highest BCUT2D eigenvalue weighted by atomic mass is 35.5. The van der Waals surface area contributed by atoms with Gasteiger partial charge in [-0.3, -0.25) is 4.90 Å². The number of anilines is 1. The van der Waals surface area contributed by atoms with Crippen molar-refractivity contribution < 1.29 is 4.74 Å². The van der Waals surface area contributed by atoms with E-state index in [9.17, 15) is 0 Å². The first-order valence-corrected chi connectivity index (χ1v) is 12.0. The summed E-state index contributed by atoms with van der Waals surface area (Å²) in [5.74, 6) is 0.520. The summed E-state index contributed by atoms with van der Waals surface area (Å²) in [5, 5.41) is 5.17. The second-order valence-corrected chi connectivity index (χ2v) is 9.41. The van der Waals surface area contributed by atoms with E-state index in [0.717, 1.165) is 58.0 Å². The van der Waals surface area contributed by atoms with Gasteiger partial charge in [-0.1, -0.05) is 61.3 Å². The second kappa shape index (κ2) is 12.0. The number of hydrogen-bond donors (Lipinski definition) is 1. The molecular formula is C24H31Cl2N3OS. The van der Waals surface area contributed by atoms with E-state index in [1.807, 2.05) is 0 Å². The molecule has 0 spiro atoms. The first-order chi connectivity index (χ1) is 14.9. The Bertz CT molecular complexity index is 854. The molecule has 1 heterocycles. The molecule has 4 nitrogen and oxygen atoms in total. The Kier molecular flexibility index (Phi) is 9.42. The van der Waals surface area contributed by atoms with Gasteiger partial charge in [0.2, 0.25) is 0 Å². The third kappa shape index (κ3) is 7.62. The fraction of sp³-hybridized carbons (Fsp3) is 0.458. The van der Waals surface area contributed by atoms with Crippen molar-refractivity contribution in [1.29, 1.82) is 0 Å². The van der Waals surface area contributed by atoms with Crippen LogP contribution < -0.4 is 5.32 Å². The van der Waals surface area contributed by atoms with E-state index in [2.05, 4.69) is 53.2 Å². The lowest BCUT2D eigenvalue weighted by atomic mass is 10.0. The van der Waals surface area contributed by atoms with Crippen LogP contribution in [0.2, 0.25) is 10.0 Å². The number of benzene rings is 2.